The van der Waals surface area contributed by atoms with E-state index in [1.54, 1.807) is 0 Å². The molecule has 1 aromatic rings. The van der Waals surface area contributed by atoms with E-state index in [2.05, 4.69) is 9.51 Å². The fraction of sp³-hybridized carbons (Fsp3) is 0.556. The molecule has 21 heavy (non-hydrogen) atoms. The highest BCUT2D eigenvalue weighted by Crippen LogP contribution is 2.38. The van der Waals surface area contributed by atoms with E-state index >= 15 is 0 Å². The highest BCUT2D eigenvalue weighted by molar-refractivity contribution is 7.46. The molecule has 2 rings (SSSR count). The Morgan fingerprint density at radius 2 is 2.19 bits per heavy atom. The lowest BCUT2D eigenvalue weighted by molar-refractivity contribution is -0.0449. The summed E-state index contributed by atoms with van der Waals surface area (Å²) in [5.74, 6) is -0.115. The number of anilines is 2. The van der Waals surface area contributed by atoms with Gasteiger partial charge in [0.15, 0.2) is 5.82 Å². The molecule has 11 nitrogen and oxygen atoms in total. The molecule has 0 aliphatic carbocycles. The van der Waals surface area contributed by atoms with E-state index in [4.69, 9.17) is 26.0 Å². The molecule has 3 atom stereocenters. The zero-order valence-electron chi connectivity index (χ0n) is 10.7. The fourth-order valence-corrected chi connectivity index (χ4v) is 2.25. The van der Waals surface area contributed by atoms with Crippen LogP contribution in [0.1, 0.15) is 12.6 Å². The number of hydrogen-bond donors (Lipinski definition) is 5. The molecular weight excluding hydrogens is 307 g/mol. The molecule has 12 heteroatoms. The van der Waals surface area contributed by atoms with Gasteiger partial charge in [-0.25, -0.2) is 9.36 Å². The largest absolute Gasteiger partial charge is 0.469 e. The van der Waals surface area contributed by atoms with Crippen molar-refractivity contribution in [3.05, 3.63) is 16.7 Å². The fourth-order valence-electron chi connectivity index (χ4n) is 1.91. The lowest BCUT2D eigenvalue weighted by Gasteiger charge is -2.16. The predicted molar refractivity (Wildman–Crippen MR) is 69.9 cm³/mol. The van der Waals surface area contributed by atoms with Gasteiger partial charge in [-0.15, -0.1) is 0 Å². The van der Waals surface area contributed by atoms with E-state index in [1.807, 2.05) is 0 Å². The molecule has 0 spiro atoms. The van der Waals surface area contributed by atoms with Gasteiger partial charge < -0.3 is 31.1 Å². The van der Waals surface area contributed by atoms with Gasteiger partial charge in [-0.1, -0.05) is 0 Å². The van der Waals surface area contributed by atoms with Gasteiger partial charge in [0.05, 0.1) is 18.4 Å². The third-order valence-corrected chi connectivity index (χ3v) is 3.42. The smallest absolute Gasteiger partial charge is 0.395 e. The maximum atomic E-state index is 11.7. The molecule has 0 amide bonds. The highest BCUT2D eigenvalue weighted by Gasteiger charge is 2.37. The van der Waals surface area contributed by atoms with Crippen LogP contribution in [0.5, 0.6) is 0 Å². The summed E-state index contributed by atoms with van der Waals surface area (Å²) in [5.41, 5.74) is 10.3. The van der Waals surface area contributed by atoms with Crippen LogP contribution in [-0.4, -0.2) is 43.3 Å². The number of ether oxygens (including phenoxy) is 1. The van der Waals surface area contributed by atoms with Crippen LogP contribution in [0.4, 0.5) is 11.5 Å². The first-order valence-corrected chi connectivity index (χ1v) is 7.38. The van der Waals surface area contributed by atoms with Crippen molar-refractivity contribution in [2.24, 2.45) is 0 Å². The quantitative estimate of drug-likeness (QED) is 0.395. The van der Waals surface area contributed by atoms with Gasteiger partial charge in [0.25, 0.3) is 0 Å². The number of hydrogen-bond acceptors (Lipinski definition) is 8. The Morgan fingerprint density at radius 3 is 2.81 bits per heavy atom. The predicted octanol–water partition coefficient (Wildman–Crippen LogP) is -1.83. The number of nitrogen functional groups attached to an aromatic ring is 2. The molecule has 0 unspecified atom stereocenters. The van der Waals surface area contributed by atoms with Crippen LogP contribution in [0.25, 0.3) is 0 Å². The van der Waals surface area contributed by atoms with Crippen molar-refractivity contribution < 1.29 is 28.7 Å². The molecule has 7 N–H and O–H groups in total. The molecule has 1 saturated heterocycles. The summed E-state index contributed by atoms with van der Waals surface area (Å²) in [5, 5.41) is 9.78. The molecule has 118 valence electrons. The summed E-state index contributed by atoms with van der Waals surface area (Å²) in [4.78, 5) is 32.4. The van der Waals surface area contributed by atoms with Crippen molar-refractivity contribution in [2.75, 3.05) is 18.1 Å². The van der Waals surface area contributed by atoms with E-state index in [0.29, 0.717) is 0 Å². The minimum atomic E-state index is -4.67. The number of aliphatic hydroxyl groups excluding tert-OH is 1. The second-order valence-electron chi connectivity index (χ2n) is 4.49. The third kappa shape index (κ3) is 3.79. The molecule has 0 radical (unpaired) electrons. The number of rotatable bonds is 4. The third-order valence-electron chi connectivity index (χ3n) is 2.93. The van der Waals surface area contributed by atoms with Crippen molar-refractivity contribution in [3.8, 4) is 0 Å². The van der Waals surface area contributed by atoms with Gasteiger partial charge >= 0.3 is 13.5 Å². The summed E-state index contributed by atoms with van der Waals surface area (Å²) in [7, 11) is -4.67. The average molecular weight is 322 g/mol. The Hall–Kier alpha value is -1.49. The van der Waals surface area contributed by atoms with Crippen molar-refractivity contribution in [3.63, 3.8) is 0 Å². The topological polar surface area (TPSA) is 183 Å². The van der Waals surface area contributed by atoms with Crippen LogP contribution in [0.15, 0.2) is 11.0 Å². The van der Waals surface area contributed by atoms with Gasteiger partial charge in [0.1, 0.15) is 12.3 Å². The van der Waals surface area contributed by atoms with Crippen LogP contribution in [-0.2, 0) is 13.8 Å². The van der Waals surface area contributed by atoms with Crippen LogP contribution in [0.2, 0.25) is 0 Å². The highest BCUT2D eigenvalue weighted by atomic mass is 31.2. The Balaban J connectivity index is 2.12. The summed E-state index contributed by atoms with van der Waals surface area (Å²) in [6.07, 6.45) is -1.69. The standard InChI is InChI=1S/C9H15N4O7P/c10-4-2-13(9(15)12-8(4)11)7-1-5(14)6(20-7)3-19-21(16,17)18/h2,5-7,14H,1,3,10H2,(H2,11,12,15)(H2,16,17,18)/t5-,6+,7+/m0/s1. The zero-order chi connectivity index (χ0) is 15.8. The maximum Gasteiger partial charge on any atom is 0.469 e. The number of phosphoric acid groups is 1. The number of nitrogens with zero attached hydrogens (tertiary/aromatic N) is 2. The van der Waals surface area contributed by atoms with E-state index in [0.717, 1.165) is 4.57 Å². The zero-order valence-corrected chi connectivity index (χ0v) is 11.6. The lowest BCUT2D eigenvalue weighted by atomic mass is 10.2. The molecule has 0 bridgehead atoms. The van der Waals surface area contributed by atoms with E-state index < -0.39 is 38.6 Å². The maximum absolute atomic E-state index is 11.7. The normalized spacial score (nSPS) is 26.1. The van der Waals surface area contributed by atoms with Crippen LogP contribution >= 0.6 is 7.82 Å². The molecular formula is C9H15N4O7P. The molecule has 0 aromatic carbocycles. The summed E-state index contributed by atoms with van der Waals surface area (Å²) in [6, 6.07) is 0. The van der Waals surface area contributed by atoms with Crippen molar-refractivity contribution in [1.29, 1.82) is 0 Å². The summed E-state index contributed by atoms with van der Waals surface area (Å²) < 4.78 is 21.3. The van der Waals surface area contributed by atoms with Crippen molar-refractivity contribution in [2.45, 2.75) is 24.9 Å². The second kappa shape index (κ2) is 5.72. The molecule has 2 heterocycles. The lowest BCUT2D eigenvalue weighted by Crippen LogP contribution is -2.29. The van der Waals surface area contributed by atoms with E-state index in [9.17, 15) is 14.5 Å². The molecule has 1 fully saturated rings. The van der Waals surface area contributed by atoms with E-state index in [-0.39, 0.29) is 17.9 Å². The first-order chi connectivity index (χ1) is 9.67. The van der Waals surface area contributed by atoms with Crippen molar-refractivity contribution >= 4 is 19.3 Å². The Morgan fingerprint density at radius 1 is 1.52 bits per heavy atom. The Bertz CT molecular complexity index is 629. The average Bonchev–Trinajstić information content (AvgIpc) is 2.72. The monoisotopic (exact) mass is 322 g/mol. The SMILES string of the molecule is Nc1cn([C@H]2C[C@H](O)[C@@H](COP(=O)(O)O)O2)c(=O)nc1N. The minimum Gasteiger partial charge on any atom is -0.395 e. The van der Waals surface area contributed by atoms with Crippen LogP contribution in [0, 0.1) is 0 Å². The minimum absolute atomic E-state index is 0.0140. The van der Waals surface area contributed by atoms with Gasteiger partial charge in [-0.2, -0.15) is 4.98 Å². The van der Waals surface area contributed by atoms with Crippen molar-refractivity contribution in [1.82, 2.24) is 9.55 Å². The Labute approximate surface area is 118 Å². The number of phosphoric ester groups is 1. The first-order valence-electron chi connectivity index (χ1n) is 5.85. The first kappa shape index (κ1) is 15.9. The molecule has 0 saturated carbocycles. The number of aromatic nitrogens is 2. The molecule has 1 aliphatic heterocycles. The molecule has 1 aromatic heterocycles. The van der Waals surface area contributed by atoms with Gasteiger partial charge in [-0.3, -0.25) is 9.09 Å². The van der Waals surface area contributed by atoms with Crippen LogP contribution in [0.3, 0.4) is 0 Å². The second-order valence-corrected chi connectivity index (χ2v) is 5.73. The summed E-state index contributed by atoms with van der Waals surface area (Å²) >= 11 is 0. The Kier molecular flexibility index (Phi) is 4.33. The van der Waals surface area contributed by atoms with E-state index in [1.165, 1.54) is 6.20 Å². The van der Waals surface area contributed by atoms with Gasteiger partial charge in [-0.05, 0) is 0 Å². The summed E-state index contributed by atoms with van der Waals surface area (Å²) in [6.45, 7) is -0.519. The molecule has 1 aliphatic rings. The van der Waals surface area contributed by atoms with Crippen LogP contribution < -0.4 is 17.2 Å². The van der Waals surface area contributed by atoms with Gasteiger partial charge in [0.2, 0.25) is 0 Å². The van der Waals surface area contributed by atoms with Gasteiger partial charge in [0, 0.05) is 12.6 Å². The number of nitrogens with two attached hydrogens (primary N) is 2. The number of aliphatic hydroxyl groups is 1.